The fourth-order valence-electron chi connectivity index (χ4n) is 6.66. The third kappa shape index (κ3) is 6.73. The fourth-order valence-corrected chi connectivity index (χ4v) is 8.24. The van der Waals surface area contributed by atoms with Crippen LogP contribution in [0.4, 0.5) is 17.3 Å². The lowest BCUT2D eigenvalue weighted by Gasteiger charge is -2.32. The number of non-ortho nitro benzene ring substituents is 1. The second-order valence-corrected chi connectivity index (χ2v) is 14.5. The Morgan fingerprint density at radius 3 is 2.52 bits per heavy atom. The van der Waals surface area contributed by atoms with E-state index in [4.69, 9.17) is 21.3 Å². The van der Waals surface area contributed by atoms with E-state index in [2.05, 4.69) is 15.6 Å². The van der Waals surface area contributed by atoms with Crippen LogP contribution in [0, 0.1) is 10.1 Å². The zero-order valence-electron chi connectivity index (χ0n) is 26.9. The second-order valence-electron chi connectivity index (χ2n) is 12.3. The average molecular weight is 716 g/mol. The molecule has 50 heavy (non-hydrogen) atoms. The van der Waals surface area contributed by atoms with E-state index in [1.165, 1.54) is 28.4 Å². The first-order valence-electron chi connectivity index (χ1n) is 16.3. The molecule has 15 heteroatoms. The number of anilines is 2. The number of carbonyl (C=O) groups excluding carboxylic acids is 1. The summed E-state index contributed by atoms with van der Waals surface area (Å²) in [6.07, 6.45) is 6.06. The summed E-state index contributed by atoms with van der Waals surface area (Å²) < 4.78 is 34.0. The van der Waals surface area contributed by atoms with Gasteiger partial charge < -0.3 is 20.3 Å². The van der Waals surface area contributed by atoms with E-state index in [0.717, 1.165) is 19.3 Å². The number of ether oxygens (including phenoxy) is 1. The maximum absolute atomic E-state index is 13.7. The van der Waals surface area contributed by atoms with Crippen LogP contribution in [0.2, 0.25) is 5.02 Å². The normalized spacial score (nSPS) is 18.1. The van der Waals surface area contributed by atoms with Gasteiger partial charge in [0.2, 0.25) is 5.95 Å². The predicted molar refractivity (Wildman–Crippen MR) is 190 cm³/mol. The zero-order valence-corrected chi connectivity index (χ0v) is 28.4. The molecule has 0 unspecified atom stereocenters. The fraction of sp³-hybridized carbons (Fsp3) is 0.286. The molecule has 1 saturated carbocycles. The Morgan fingerprint density at radius 1 is 1.00 bits per heavy atom. The first-order valence-corrected chi connectivity index (χ1v) is 18.1. The van der Waals surface area contributed by atoms with Crippen molar-refractivity contribution in [2.45, 2.75) is 42.7 Å². The van der Waals surface area contributed by atoms with Gasteiger partial charge in [-0.25, -0.2) is 22.4 Å². The van der Waals surface area contributed by atoms with E-state index in [1.807, 2.05) is 17.0 Å². The number of amides is 1. The highest BCUT2D eigenvalue weighted by Gasteiger charge is 2.28. The highest BCUT2D eigenvalue weighted by Crippen LogP contribution is 2.36. The van der Waals surface area contributed by atoms with E-state index in [9.17, 15) is 23.3 Å². The maximum atomic E-state index is 13.7. The number of nitro groups is 1. The van der Waals surface area contributed by atoms with Gasteiger partial charge in [0.05, 0.1) is 56.7 Å². The zero-order chi connectivity index (χ0) is 34.8. The predicted octanol–water partition coefficient (Wildman–Crippen LogP) is 5.89. The van der Waals surface area contributed by atoms with Crippen molar-refractivity contribution in [2.75, 3.05) is 36.5 Å². The largest absolute Gasteiger partial charge is 0.378 e. The van der Waals surface area contributed by atoms with Crippen molar-refractivity contribution in [3.05, 3.63) is 106 Å². The first kappa shape index (κ1) is 33.4. The van der Waals surface area contributed by atoms with Crippen molar-refractivity contribution in [1.29, 1.82) is 0 Å². The van der Waals surface area contributed by atoms with Gasteiger partial charge in [-0.05, 0) is 49.9 Å². The van der Waals surface area contributed by atoms with Crippen LogP contribution in [0.25, 0.3) is 22.2 Å². The summed E-state index contributed by atoms with van der Waals surface area (Å²) >= 11 is 6.64. The molecule has 13 nitrogen and oxygen atoms in total. The number of nitrogens with zero attached hydrogens (tertiary/aromatic N) is 5. The van der Waals surface area contributed by atoms with Crippen LogP contribution in [-0.4, -0.2) is 71.6 Å². The lowest BCUT2D eigenvalue weighted by Crippen LogP contribution is -2.43. The minimum absolute atomic E-state index is 0.0709. The molecule has 3 heterocycles. The molecule has 0 spiro atoms. The van der Waals surface area contributed by atoms with Crippen LogP contribution in [0.15, 0.2) is 90.1 Å². The van der Waals surface area contributed by atoms with Crippen molar-refractivity contribution < 1.29 is 22.9 Å². The number of rotatable bonds is 9. The van der Waals surface area contributed by atoms with Gasteiger partial charge >= 0.3 is 0 Å². The average Bonchev–Trinajstić information content (AvgIpc) is 3.53. The molecule has 2 N–H and O–H groups in total. The molecule has 258 valence electrons. The molecule has 2 fully saturated rings. The number of nitro benzene ring substituents is 1. The van der Waals surface area contributed by atoms with Crippen molar-refractivity contribution >= 4 is 55.8 Å². The van der Waals surface area contributed by atoms with Gasteiger partial charge in [0.15, 0.2) is 0 Å². The lowest BCUT2D eigenvalue weighted by atomic mass is 9.90. The van der Waals surface area contributed by atoms with Crippen LogP contribution >= 0.6 is 11.6 Å². The van der Waals surface area contributed by atoms with Gasteiger partial charge in [0.1, 0.15) is 0 Å². The number of hydrogen-bond acceptors (Lipinski definition) is 10. The smallest absolute Gasteiger partial charge is 0.271 e. The Kier molecular flexibility index (Phi) is 9.40. The van der Waals surface area contributed by atoms with E-state index in [-0.39, 0.29) is 33.6 Å². The number of benzene rings is 3. The summed E-state index contributed by atoms with van der Waals surface area (Å²) in [4.78, 5) is 35.9. The van der Waals surface area contributed by atoms with Crippen LogP contribution in [0.5, 0.6) is 0 Å². The number of halogens is 1. The molecule has 0 radical (unpaired) electrons. The minimum atomic E-state index is -3.91. The molecule has 0 bridgehead atoms. The van der Waals surface area contributed by atoms with E-state index in [0.29, 0.717) is 72.1 Å². The molecule has 1 aliphatic heterocycles. The summed E-state index contributed by atoms with van der Waals surface area (Å²) in [6, 6.07) is 19.5. The van der Waals surface area contributed by atoms with Crippen molar-refractivity contribution in [3.8, 4) is 11.3 Å². The van der Waals surface area contributed by atoms with Gasteiger partial charge in [-0.1, -0.05) is 48.0 Å². The monoisotopic (exact) mass is 715 g/mol. The Balaban J connectivity index is 1.11. The van der Waals surface area contributed by atoms with Crippen molar-refractivity contribution in [2.24, 2.45) is 0 Å². The highest BCUT2D eigenvalue weighted by molar-refractivity contribution is 7.90. The number of aromatic nitrogens is 3. The molecule has 7 rings (SSSR count). The molecular weight excluding hydrogens is 682 g/mol. The summed E-state index contributed by atoms with van der Waals surface area (Å²) in [7, 11) is -3.91. The standard InChI is InChI=1S/C35H34ClN7O6S/c36-30-21-37-35(40-33(30)29-22-42(31-12-5-4-11-27(29)31)50(47,48)26-9-2-1-3-10-26)39-24-8-6-7-23(19-24)38-34(44)28-14-13-25(43(45)46)20-32(28)41-15-17-49-18-16-41/h1-5,9-14,20-24H,6-8,15-19H2,(H,38,44)(H,37,39,40)/t23-,24+/m0/s1. The number of hydrogen-bond donors (Lipinski definition) is 2. The molecule has 2 atom stereocenters. The topological polar surface area (TPSA) is 162 Å². The number of para-hydroxylation sites is 1. The molecule has 1 saturated heterocycles. The molecule has 1 aliphatic carbocycles. The minimum Gasteiger partial charge on any atom is -0.378 e. The van der Waals surface area contributed by atoms with Crippen molar-refractivity contribution in [3.63, 3.8) is 0 Å². The van der Waals surface area contributed by atoms with E-state index >= 15 is 0 Å². The van der Waals surface area contributed by atoms with Crippen LogP contribution < -0.4 is 15.5 Å². The van der Waals surface area contributed by atoms with E-state index in [1.54, 1.807) is 48.7 Å². The molecule has 1 amide bonds. The van der Waals surface area contributed by atoms with Crippen LogP contribution in [-0.2, 0) is 14.8 Å². The van der Waals surface area contributed by atoms with Gasteiger partial charge in [0, 0.05) is 54.5 Å². The molecule has 2 aliphatic rings. The molecule has 5 aromatic rings. The van der Waals surface area contributed by atoms with Crippen LogP contribution in [0.3, 0.4) is 0 Å². The van der Waals surface area contributed by atoms with Crippen LogP contribution in [0.1, 0.15) is 36.0 Å². The van der Waals surface area contributed by atoms with Gasteiger partial charge in [0.25, 0.3) is 21.6 Å². The number of fused-ring (bicyclic) bond motifs is 1. The Hall–Kier alpha value is -5.05. The third-order valence-corrected chi connectivity index (χ3v) is 11.1. The maximum Gasteiger partial charge on any atom is 0.271 e. The Labute approximate surface area is 293 Å². The summed E-state index contributed by atoms with van der Waals surface area (Å²) in [5, 5.41) is 19.0. The molecule has 2 aromatic heterocycles. The first-order chi connectivity index (χ1) is 24.2. The van der Waals surface area contributed by atoms with Gasteiger partial charge in [-0.15, -0.1) is 0 Å². The number of carbonyl (C=O) groups is 1. The summed E-state index contributed by atoms with van der Waals surface area (Å²) in [6.45, 7) is 2.01. The van der Waals surface area contributed by atoms with Gasteiger partial charge in [-0.3, -0.25) is 14.9 Å². The Bertz CT molecular complexity index is 2170. The Morgan fingerprint density at radius 2 is 1.74 bits per heavy atom. The van der Waals surface area contributed by atoms with E-state index < -0.39 is 14.9 Å². The summed E-state index contributed by atoms with van der Waals surface area (Å²) in [5.41, 5.74) is 2.25. The SMILES string of the molecule is O=C(N[C@H]1CCC[C@@H](Nc2ncc(Cl)c(-c3cn(S(=O)(=O)c4ccccc4)c4ccccc34)n2)C1)c1ccc([N+](=O)[O-])cc1N1CCOCC1. The van der Waals surface area contributed by atoms with Gasteiger partial charge in [-0.2, -0.15) is 0 Å². The lowest BCUT2D eigenvalue weighted by molar-refractivity contribution is -0.384. The third-order valence-electron chi connectivity index (χ3n) is 9.11. The second kappa shape index (κ2) is 14.1. The van der Waals surface area contributed by atoms with Crippen molar-refractivity contribution in [1.82, 2.24) is 19.3 Å². The number of nitrogens with one attached hydrogen (secondary N) is 2. The molecule has 3 aromatic carbocycles. The highest BCUT2D eigenvalue weighted by atomic mass is 35.5. The summed E-state index contributed by atoms with van der Waals surface area (Å²) in [5.74, 6) is 0.0352. The molecular formula is C35H34ClN7O6S. The number of morpholine rings is 1. The quantitative estimate of drug-likeness (QED) is 0.139.